The van der Waals surface area contributed by atoms with Gasteiger partial charge in [0.1, 0.15) is 5.54 Å². The van der Waals surface area contributed by atoms with Gasteiger partial charge in [-0.3, -0.25) is 4.79 Å². The van der Waals surface area contributed by atoms with E-state index < -0.39 is 5.54 Å². The van der Waals surface area contributed by atoms with Crippen LogP contribution in [-0.4, -0.2) is 32.1 Å². The number of hydrogen-bond donors (Lipinski definition) is 1. The summed E-state index contributed by atoms with van der Waals surface area (Å²) in [7, 11) is 4.96. The van der Waals surface area contributed by atoms with Gasteiger partial charge in [-0.25, -0.2) is 0 Å². The first kappa shape index (κ1) is 18.8. The number of amides is 1. The van der Waals surface area contributed by atoms with Crippen molar-refractivity contribution in [2.45, 2.75) is 25.9 Å². The third-order valence-corrected chi connectivity index (χ3v) is 4.41. The third-order valence-electron chi connectivity index (χ3n) is 4.41. The Morgan fingerprint density at radius 1 is 1.12 bits per heavy atom. The smallest absolute Gasteiger partial charge is 0.247 e. The first-order chi connectivity index (χ1) is 11.8. The van der Waals surface area contributed by atoms with Crippen LogP contribution in [0.2, 0.25) is 0 Å². The van der Waals surface area contributed by atoms with E-state index in [1.807, 2.05) is 49.4 Å². The summed E-state index contributed by atoms with van der Waals surface area (Å²) in [5.41, 5.74) is 8.05. The predicted octanol–water partition coefficient (Wildman–Crippen LogP) is 2.84. The first-order valence-electron chi connectivity index (χ1n) is 8.12. The van der Waals surface area contributed by atoms with Crippen LogP contribution in [0.25, 0.3) is 0 Å². The summed E-state index contributed by atoms with van der Waals surface area (Å²) in [5, 5.41) is 0. The summed E-state index contributed by atoms with van der Waals surface area (Å²) in [5.74, 6) is 1.17. The van der Waals surface area contributed by atoms with Crippen molar-refractivity contribution >= 4 is 5.91 Å². The average Bonchev–Trinajstić information content (AvgIpc) is 2.62. The van der Waals surface area contributed by atoms with E-state index in [2.05, 4.69) is 0 Å². The minimum Gasteiger partial charge on any atom is -0.493 e. The number of methoxy groups -OCH3 is 2. The molecular formula is C20H26N2O3. The lowest BCUT2D eigenvalue weighted by molar-refractivity contribution is -0.136. The zero-order valence-electron chi connectivity index (χ0n) is 15.5. The number of likely N-dealkylation sites (N-methyl/N-ethyl adjacent to an activating group) is 1. The number of aryl methyl sites for hydroxylation is 1. The molecule has 0 fully saturated rings. The molecule has 0 aliphatic rings. The van der Waals surface area contributed by atoms with E-state index in [4.69, 9.17) is 15.2 Å². The quantitative estimate of drug-likeness (QED) is 0.877. The molecule has 2 N–H and O–H groups in total. The largest absolute Gasteiger partial charge is 0.493 e. The van der Waals surface area contributed by atoms with Gasteiger partial charge in [-0.1, -0.05) is 30.3 Å². The molecule has 1 atom stereocenters. The minimum atomic E-state index is -1.08. The molecule has 0 bridgehead atoms. The summed E-state index contributed by atoms with van der Waals surface area (Å²) in [4.78, 5) is 14.5. The van der Waals surface area contributed by atoms with Gasteiger partial charge in [0.05, 0.1) is 14.2 Å². The van der Waals surface area contributed by atoms with Crippen molar-refractivity contribution < 1.29 is 14.3 Å². The number of ether oxygens (including phenoxy) is 2. The Morgan fingerprint density at radius 3 is 2.24 bits per heavy atom. The number of nitrogens with zero attached hydrogens (tertiary/aromatic N) is 1. The van der Waals surface area contributed by atoms with Gasteiger partial charge < -0.3 is 20.1 Å². The van der Waals surface area contributed by atoms with Gasteiger partial charge in [-0.15, -0.1) is 0 Å². The van der Waals surface area contributed by atoms with Gasteiger partial charge in [0, 0.05) is 13.6 Å². The monoisotopic (exact) mass is 342 g/mol. The minimum absolute atomic E-state index is 0.145. The van der Waals surface area contributed by atoms with Crippen LogP contribution in [0.4, 0.5) is 0 Å². The van der Waals surface area contributed by atoms with Crippen LogP contribution in [0.5, 0.6) is 11.5 Å². The Balaban J connectivity index is 2.24. The molecule has 134 valence electrons. The summed E-state index contributed by atoms with van der Waals surface area (Å²) < 4.78 is 10.7. The van der Waals surface area contributed by atoms with E-state index >= 15 is 0 Å². The lowest BCUT2D eigenvalue weighted by Gasteiger charge is -2.30. The van der Waals surface area contributed by atoms with E-state index in [1.54, 1.807) is 33.1 Å². The molecule has 2 aromatic carbocycles. The number of carbonyl (C=O) groups is 1. The van der Waals surface area contributed by atoms with E-state index in [1.165, 1.54) is 0 Å². The first-order valence-corrected chi connectivity index (χ1v) is 8.12. The lowest BCUT2D eigenvalue weighted by Crippen LogP contribution is -2.49. The van der Waals surface area contributed by atoms with Crippen LogP contribution in [0.15, 0.2) is 42.5 Å². The number of carbonyl (C=O) groups excluding carboxylic acids is 1. The molecule has 0 radical (unpaired) electrons. The van der Waals surface area contributed by atoms with Crippen LogP contribution in [-0.2, 0) is 16.9 Å². The van der Waals surface area contributed by atoms with E-state index in [-0.39, 0.29) is 5.91 Å². The maximum atomic E-state index is 12.9. The van der Waals surface area contributed by atoms with E-state index in [0.29, 0.717) is 18.0 Å². The zero-order chi connectivity index (χ0) is 18.6. The summed E-state index contributed by atoms with van der Waals surface area (Å²) >= 11 is 0. The van der Waals surface area contributed by atoms with Crippen LogP contribution < -0.4 is 15.2 Å². The molecule has 5 heteroatoms. The van der Waals surface area contributed by atoms with Crippen molar-refractivity contribution in [3.05, 3.63) is 59.2 Å². The van der Waals surface area contributed by atoms with Gasteiger partial charge in [0.2, 0.25) is 5.91 Å². The number of benzene rings is 2. The topological polar surface area (TPSA) is 64.8 Å². The van der Waals surface area contributed by atoms with Gasteiger partial charge in [0.15, 0.2) is 11.5 Å². The van der Waals surface area contributed by atoms with Crippen LogP contribution in [0, 0.1) is 6.92 Å². The molecule has 0 heterocycles. The molecule has 25 heavy (non-hydrogen) atoms. The maximum absolute atomic E-state index is 12.9. The van der Waals surface area contributed by atoms with E-state index in [9.17, 15) is 4.79 Å². The van der Waals surface area contributed by atoms with Crippen molar-refractivity contribution in [1.82, 2.24) is 4.90 Å². The normalized spacial score (nSPS) is 13.0. The average molecular weight is 342 g/mol. The molecule has 1 unspecified atom stereocenters. The summed E-state index contributed by atoms with van der Waals surface area (Å²) in [6, 6.07) is 13.2. The Kier molecular flexibility index (Phi) is 5.69. The van der Waals surface area contributed by atoms with Crippen molar-refractivity contribution in [1.29, 1.82) is 0 Å². The summed E-state index contributed by atoms with van der Waals surface area (Å²) in [6.07, 6.45) is 0. The molecule has 0 saturated carbocycles. The highest BCUT2D eigenvalue weighted by molar-refractivity contribution is 5.86. The number of hydrogen-bond acceptors (Lipinski definition) is 4. The second kappa shape index (κ2) is 7.57. The molecule has 2 rings (SSSR count). The van der Waals surface area contributed by atoms with Gasteiger partial charge >= 0.3 is 0 Å². The molecule has 0 aromatic heterocycles. The fourth-order valence-electron chi connectivity index (χ4n) is 2.82. The highest BCUT2D eigenvalue weighted by atomic mass is 16.5. The lowest BCUT2D eigenvalue weighted by atomic mass is 9.91. The Morgan fingerprint density at radius 2 is 1.68 bits per heavy atom. The second-order valence-corrected chi connectivity index (χ2v) is 6.36. The van der Waals surface area contributed by atoms with Crippen molar-refractivity contribution in [2.24, 2.45) is 5.73 Å². The maximum Gasteiger partial charge on any atom is 0.247 e. The fraction of sp³-hybridized carbons (Fsp3) is 0.350. The number of rotatable bonds is 6. The molecule has 2 aromatic rings. The highest BCUT2D eigenvalue weighted by Gasteiger charge is 2.33. The van der Waals surface area contributed by atoms with Crippen molar-refractivity contribution in [2.75, 3.05) is 21.3 Å². The number of nitrogens with two attached hydrogens (primary N) is 1. The Labute approximate surface area is 149 Å². The SMILES string of the molecule is COc1cc(C)c(CN(C)C(=O)C(C)(N)c2ccccc2)cc1OC. The van der Waals surface area contributed by atoms with Crippen LogP contribution >= 0.6 is 0 Å². The molecule has 0 spiro atoms. The second-order valence-electron chi connectivity index (χ2n) is 6.36. The van der Waals surface area contributed by atoms with Gasteiger partial charge in [0.25, 0.3) is 0 Å². The third kappa shape index (κ3) is 3.94. The van der Waals surface area contributed by atoms with Crippen molar-refractivity contribution in [3.8, 4) is 11.5 Å². The van der Waals surface area contributed by atoms with E-state index in [0.717, 1.165) is 16.7 Å². The van der Waals surface area contributed by atoms with Gasteiger partial charge in [-0.05, 0) is 42.7 Å². The molecule has 0 aliphatic carbocycles. The Bertz CT molecular complexity index is 742. The highest BCUT2D eigenvalue weighted by Crippen LogP contribution is 2.31. The molecular weight excluding hydrogens is 316 g/mol. The molecule has 0 aliphatic heterocycles. The molecule has 5 nitrogen and oxygen atoms in total. The zero-order valence-corrected chi connectivity index (χ0v) is 15.5. The predicted molar refractivity (Wildman–Crippen MR) is 98.7 cm³/mol. The van der Waals surface area contributed by atoms with Crippen molar-refractivity contribution in [3.63, 3.8) is 0 Å². The fourth-order valence-corrected chi connectivity index (χ4v) is 2.82. The van der Waals surface area contributed by atoms with Gasteiger partial charge in [-0.2, -0.15) is 0 Å². The molecule has 1 amide bonds. The molecule has 0 saturated heterocycles. The van der Waals surface area contributed by atoms with Crippen LogP contribution in [0.1, 0.15) is 23.6 Å². The van der Waals surface area contributed by atoms with Crippen LogP contribution in [0.3, 0.4) is 0 Å². The Hall–Kier alpha value is -2.53. The standard InChI is InChI=1S/C20H26N2O3/c1-14-11-17(24-4)18(25-5)12-15(14)13-22(3)19(23)20(2,21)16-9-7-6-8-10-16/h6-12H,13,21H2,1-5H3. The summed E-state index contributed by atoms with van der Waals surface area (Å²) in [6.45, 7) is 4.15.